The van der Waals surface area contributed by atoms with E-state index in [4.69, 9.17) is 5.73 Å². The molecule has 1 saturated carbocycles. The van der Waals surface area contributed by atoms with Crippen molar-refractivity contribution >= 4 is 31.9 Å². The van der Waals surface area contributed by atoms with Crippen molar-refractivity contribution in [2.75, 3.05) is 0 Å². The van der Waals surface area contributed by atoms with Crippen molar-refractivity contribution in [2.24, 2.45) is 11.7 Å². The van der Waals surface area contributed by atoms with Crippen LogP contribution in [0, 0.1) is 5.92 Å². The molecular formula is C9H10Br2N2. The van der Waals surface area contributed by atoms with Crippen LogP contribution in [0.1, 0.15) is 19.0 Å². The summed E-state index contributed by atoms with van der Waals surface area (Å²) < 4.78 is 1.97. The first kappa shape index (κ1) is 9.62. The predicted octanol–water partition coefficient (Wildman–Crippen LogP) is 2.80. The maximum absolute atomic E-state index is 6.15. The molecule has 1 aromatic heterocycles. The van der Waals surface area contributed by atoms with Crippen molar-refractivity contribution in [3.63, 3.8) is 0 Å². The van der Waals surface area contributed by atoms with Crippen molar-refractivity contribution in [3.8, 4) is 0 Å². The molecule has 2 atom stereocenters. The van der Waals surface area contributed by atoms with Gasteiger partial charge in [-0.3, -0.25) is 4.98 Å². The lowest BCUT2D eigenvalue weighted by Gasteiger charge is -2.11. The van der Waals surface area contributed by atoms with Gasteiger partial charge in [0.2, 0.25) is 0 Å². The van der Waals surface area contributed by atoms with E-state index in [1.807, 2.05) is 6.07 Å². The summed E-state index contributed by atoms with van der Waals surface area (Å²) >= 11 is 6.84. The van der Waals surface area contributed by atoms with E-state index in [-0.39, 0.29) is 5.54 Å². The third kappa shape index (κ3) is 1.55. The van der Waals surface area contributed by atoms with Gasteiger partial charge in [0.25, 0.3) is 0 Å². The number of aromatic nitrogens is 1. The van der Waals surface area contributed by atoms with Crippen molar-refractivity contribution in [1.29, 1.82) is 0 Å². The number of nitrogens with zero attached hydrogens (tertiary/aromatic N) is 1. The quantitative estimate of drug-likeness (QED) is 0.866. The fraction of sp³-hybridized carbons (Fsp3) is 0.444. The van der Waals surface area contributed by atoms with Crippen molar-refractivity contribution in [3.05, 3.63) is 26.9 Å². The molecule has 0 saturated heterocycles. The van der Waals surface area contributed by atoms with Gasteiger partial charge < -0.3 is 5.73 Å². The summed E-state index contributed by atoms with van der Waals surface area (Å²) in [5, 5.41) is 0. The highest BCUT2D eigenvalue weighted by Crippen LogP contribution is 2.50. The van der Waals surface area contributed by atoms with E-state index >= 15 is 0 Å². The zero-order valence-corrected chi connectivity index (χ0v) is 10.4. The molecule has 13 heavy (non-hydrogen) atoms. The molecule has 4 heteroatoms. The van der Waals surface area contributed by atoms with Gasteiger partial charge in [0.15, 0.2) is 0 Å². The van der Waals surface area contributed by atoms with Gasteiger partial charge in [0.1, 0.15) is 0 Å². The maximum Gasteiger partial charge on any atom is 0.0747 e. The molecule has 0 radical (unpaired) electrons. The van der Waals surface area contributed by atoms with E-state index in [0.717, 1.165) is 21.1 Å². The Hall–Kier alpha value is 0.0700. The molecule has 2 nitrogen and oxygen atoms in total. The summed E-state index contributed by atoms with van der Waals surface area (Å²) in [4.78, 5) is 4.34. The molecular weight excluding hydrogens is 296 g/mol. The van der Waals surface area contributed by atoms with Gasteiger partial charge in [-0.25, -0.2) is 0 Å². The van der Waals surface area contributed by atoms with Crippen LogP contribution in [0.4, 0.5) is 0 Å². The van der Waals surface area contributed by atoms with Crippen LogP contribution in [0.15, 0.2) is 21.2 Å². The molecule has 70 valence electrons. The molecule has 0 aliphatic heterocycles. The average Bonchev–Trinajstić information content (AvgIpc) is 2.59. The fourth-order valence-electron chi connectivity index (χ4n) is 1.53. The third-order valence-corrected chi connectivity index (χ3v) is 3.65. The van der Waals surface area contributed by atoms with E-state index in [1.165, 1.54) is 0 Å². The van der Waals surface area contributed by atoms with E-state index in [0.29, 0.717) is 5.92 Å². The highest BCUT2D eigenvalue weighted by molar-refractivity contribution is 9.11. The summed E-state index contributed by atoms with van der Waals surface area (Å²) in [6, 6.07) is 1.99. The molecule has 2 N–H and O–H groups in total. The lowest BCUT2D eigenvalue weighted by molar-refractivity contribution is 0.637. The fourth-order valence-corrected chi connectivity index (χ4v) is 2.89. The molecule has 0 spiro atoms. The van der Waals surface area contributed by atoms with Crippen LogP contribution in [-0.4, -0.2) is 4.98 Å². The first-order valence-corrected chi connectivity index (χ1v) is 5.73. The topological polar surface area (TPSA) is 38.9 Å². The molecule has 2 rings (SSSR count). The SMILES string of the molecule is CC1CC1(N)c1ncc(Br)cc1Br. The molecule has 0 bridgehead atoms. The van der Waals surface area contributed by atoms with E-state index in [2.05, 4.69) is 43.8 Å². The Bertz CT molecular complexity index is 353. The number of hydrogen-bond donors (Lipinski definition) is 1. The highest BCUT2D eigenvalue weighted by Gasteiger charge is 2.51. The van der Waals surface area contributed by atoms with E-state index in [1.54, 1.807) is 6.20 Å². The van der Waals surface area contributed by atoms with E-state index < -0.39 is 0 Å². The van der Waals surface area contributed by atoms with Gasteiger partial charge in [-0.15, -0.1) is 0 Å². The Kier molecular flexibility index (Phi) is 2.25. The van der Waals surface area contributed by atoms with E-state index in [9.17, 15) is 0 Å². The number of rotatable bonds is 1. The first-order chi connectivity index (χ1) is 6.04. The summed E-state index contributed by atoms with van der Waals surface area (Å²) in [6.45, 7) is 2.15. The smallest absolute Gasteiger partial charge is 0.0747 e. The highest BCUT2D eigenvalue weighted by atomic mass is 79.9. The van der Waals surface area contributed by atoms with Gasteiger partial charge in [-0.05, 0) is 50.3 Å². The standard InChI is InChI=1S/C9H10Br2N2/c1-5-3-9(5,12)8-7(11)2-6(10)4-13-8/h2,4-5H,3,12H2,1H3. The summed E-state index contributed by atoms with van der Waals surface area (Å²) in [7, 11) is 0. The minimum absolute atomic E-state index is 0.195. The Labute approximate surface area is 94.2 Å². The van der Waals surface area contributed by atoms with Crippen LogP contribution in [0.5, 0.6) is 0 Å². The normalized spacial score (nSPS) is 31.8. The molecule has 0 aromatic carbocycles. The number of hydrogen-bond acceptors (Lipinski definition) is 2. The van der Waals surface area contributed by atoms with Gasteiger partial charge >= 0.3 is 0 Å². The summed E-state index contributed by atoms with van der Waals surface area (Å²) in [6.07, 6.45) is 2.82. The monoisotopic (exact) mass is 304 g/mol. The van der Waals surface area contributed by atoms with Crippen LogP contribution in [0.3, 0.4) is 0 Å². The second-order valence-corrected chi connectivity index (χ2v) is 5.40. The second kappa shape index (κ2) is 3.04. The molecule has 1 heterocycles. The Balaban J connectivity index is 2.42. The summed E-state index contributed by atoms with van der Waals surface area (Å²) in [5.41, 5.74) is 6.93. The van der Waals surface area contributed by atoms with Crippen LogP contribution in [-0.2, 0) is 5.54 Å². The van der Waals surface area contributed by atoms with Crippen molar-refractivity contribution in [1.82, 2.24) is 4.98 Å². The van der Waals surface area contributed by atoms with Gasteiger partial charge in [0, 0.05) is 15.1 Å². The van der Waals surface area contributed by atoms with Crippen LogP contribution in [0.2, 0.25) is 0 Å². The molecule has 1 aliphatic carbocycles. The number of pyridine rings is 1. The van der Waals surface area contributed by atoms with Crippen LogP contribution in [0.25, 0.3) is 0 Å². The van der Waals surface area contributed by atoms with Crippen molar-refractivity contribution < 1.29 is 0 Å². The Morgan fingerprint density at radius 2 is 2.23 bits per heavy atom. The van der Waals surface area contributed by atoms with Crippen molar-refractivity contribution in [2.45, 2.75) is 18.9 Å². The molecule has 0 amide bonds. The van der Waals surface area contributed by atoms with Crippen LogP contribution < -0.4 is 5.73 Å². The minimum Gasteiger partial charge on any atom is -0.320 e. The minimum atomic E-state index is -0.195. The van der Waals surface area contributed by atoms with Gasteiger partial charge in [0.05, 0.1) is 11.2 Å². The zero-order valence-electron chi connectivity index (χ0n) is 7.22. The molecule has 1 aromatic rings. The largest absolute Gasteiger partial charge is 0.320 e. The average molecular weight is 306 g/mol. The predicted molar refractivity (Wildman–Crippen MR) is 59.3 cm³/mol. The van der Waals surface area contributed by atoms with Gasteiger partial charge in [-0.1, -0.05) is 6.92 Å². The van der Waals surface area contributed by atoms with Crippen LogP contribution >= 0.6 is 31.9 Å². The lowest BCUT2D eigenvalue weighted by Crippen LogP contribution is -2.23. The Morgan fingerprint density at radius 1 is 1.62 bits per heavy atom. The zero-order chi connectivity index (χ0) is 9.64. The first-order valence-electron chi connectivity index (χ1n) is 4.14. The third-order valence-electron chi connectivity index (χ3n) is 2.61. The summed E-state index contributed by atoms with van der Waals surface area (Å²) in [5.74, 6) is 0.539. The number of nitrogens with two attached hydrogens (primary N) is 1. The second-order valence-electron chi connectivity index (χ2n) is 3.63. The maximum atomic E-state index is 6.15. The van der Waals surface area contributed by atoms with Gasteiger partial charge in [-0.2, -0.15) is 0 Å². The lowest BCUT2D eigenvalue weighted by atomic mass is 10.1. The Morgan fingerprint density at radius 3 is 2.69 bits per heavy atom. The molecule has 1 aliphatic rings. The number of halogens is 2. The molecule has 1 fully saturated rings. The molecule has 2 unspecified atom stereocenters.